The Hall–Kier alpha value is -1.51. The predicted molar refractivity (Wildman–Crippen MR) is 86.3 cm³/mol. The number of anilines is 1. The second-order valence-electron chi connectivity index (χ2n) is 5.47. The van der Waals surface area contributed by atoms with Gasteiger partial charge in [0.25, 0.3) is 5.91 Å². The zero-order chi connectivity index (χ0) is 14.8. The van der Waals surface area contributed by atoms with E-state index in [-0.39, 0.29) is 5.91 Å². The van der Waals surface area contributed by atoms with Crippen molar-refractivity contribution in [1.82, 2.24) is 4.90 Å². The molecule has 1 N–H and O–H groups in total. The summed E-state index contributed by atoms with van der Waals surface area (Å²) in [6.07, 6.45) is 7.86. The number of nitrogens with zero attached hydrogens (tertiary/aromatic N) is 1. The Balaban J connectivity index is 2.23. The van der Waals surface area contributed by atoms with E-state index in [0.717, 1.165) is 17.8 Å². The van der Waals surface area contributed by atoms with Crippen LogP contribution in [0, 0.1) is 0 Å². The summed E-state index contributed by atoms with van der Waals surface area (Å²) < 4.78 is 0. The molecule has 0 spiro atoms. The van der Waals surface area contributed by atoms with E-state index in [1.165, 1.54) is 38.5 Å². The van der Waals surface area contributed by atoms with Crippen molar-refractivity contribution < 1.29 is 4.79 Å². The zero-order valence-corrected chi connectivity index (χ0v) is 13.1. The van der Waals surface area contributed by atoms with Gasteiger partial charge in [-0.05, 0) is 30.7 Å². The summed E-state index contributed by atoms with van der Waals surface area (Å²) >= 11 is 0. The third kappa shape index (κ3) is 6.09. The smallest absolute Gasteiger partial charge is 0.253 e. The molecule has 3 nitrogen and oxygen atoms in total. The summed E-state index contributed by atoms with van der Waals surface area (Å²) in [4.78, 5) is 13.3. The summed E-state index contributed by atoms with van der Waals surface area (Å²) in [5.41, 5.74) is 1.83. The molecule has 0 aliphatic heterocycles. The van der Waals surface area contributed by atoms with Crippen LogP contribution in [0.25, 0.3) is 0 Å². The molecule has 0 aromatic heterocycles. The Morgan fingerprint density at radius 3 is 2.20 bits per heavy atom. The molecule has 0 radical (unpaired) electrons. The molecule has 0 saturated carbocycles. The van der Waals surface area contributed by atoms with Crippen LogP contribution in [-0.2, 0) is 0 Å². The van der Waals surface area contributed by atoms with Crippen LogP contribution in [-0.4, -0.2) is 31.4 Å². The maximum atomic E-state index is 11.7. The van der Waals surface area contributed by atoms with Gasteiger partial charge in [-0.1, -0.05) is 39.0 Å². The highest BCUT2D eigenvalue weighted by Crippen LogP contribution is 2.11. The molecule has 1 aromatic rings. The molecule has 0 atom stereocenters. The van der Waals surface area contributed by atoms with Crippen LogP contribution >= 0.6 is 0 Å². The molecule has 0 bridgehead atoms. The molecule has 1 aromatic carbocycles. The van der Waals surface area contributed by atoms with Crippen molar-refractivity contribution in [3.63, 3.8) is 0 Å². The number of unbranched alkanes of at least 4 members (excludes halogenated alkanes) is 5. The van der Waals surface area contributed by atoms with E-state index in [9.17, 15) is 4.79 Å². The Morgan fingerprint density at radius 2 is 1.60 bits per heavy atom. The average Bonchev–Trinajstić information content (AvgIpc) is 2.46. The first-order valence-corrected chi connectivity index (χ1v) is 7.70. The Kier molecular flexibility index (Phi) is 7.78. The number of benzene rings is 1. The quantitative estimate of drug-likeness (QED) is 0.687. The molecular weight excluding hydrogens is 248 g/mol. The normalized spacial score (nSPS) is 10.3. The Bertz CT molecular complexity index is 384. The van der Waals surface area contributed by atoms with Gasteiger partial charge in [-0.15, -0.1) is 0 Å². The number of amides is 1. The summed E-state index contributed by atoms with van der Waals surface area (Å²) in [7, 11) is 3.54. The van der Waals surface area contributed by atoms with Crippen LogP contribution in [0.15, 0.2) is 24.3 Å². The van der Waals surface area contributed by atoms with Crippen molar-refractivity contribution in [2.45, 2.75) is 45.4 Å². The van der Waals surface area contributed by atoms with Crippen molar-refractivity contribution in [2.24, 2.45) is 0 Å². The molecule has 0 aliphatic rings. The van der Waals surface area contributed by atoms with E-state index >= 15 is 0 Å². The lowest BCUT2D eigenvalue weighted by molar-refractivity contribution is 0.0827. The maximum absolute atomic E-state index is 11.7. The van der Waals surface area contributed by atoms with Gasteiger partial charge in [0.15, 0.2) is 0 Å². The molecular formula is C17H28N2O. The molecule has 3 heteroatoms. The molecule has 112 valence electrons. The van der Waals surface area contributed by atoms with E-state index in [1.807, 2.05) is 24.3 Å². The summed E-state index contributed by atoms with van der Waals surface area (Å²) in [6, 6.07) is 7.72. The van der Waals surface area contributed by atoms with Crippen molar-refractivity contribution in [3.8, 4) is 0 Å². The first kappa shape index (κ1) is 16.5. The number of nitrogens with one attached hydrogen (secondary N) is 1. The van der Waals surface area contributed by atoms with Crippen molar-refractivity contribution in [2.75, 3.05) is 26.0 Å². The van der Waals surface area contributed by atoms with E-state index in [0.29, 0.717) is 0 Å². The van der Waals surface area contributed by atoms with E-state index in [2.05, 4.69) is 12.2 Å². The fourth-order valence-corrected chi connectivity index (χ4v) is 2.13. The van der Waals surface area contributed by atoms with Gasteiger partial charge in [0.2, 0.25) is 0 Å². The number of carbonyl (C=O) groups excluding carboxylic acids is 1. The lowest BCUT2D eigenvalue weighted by atomic mass is 10.1. The van der Waals surface area contributed by atoms with Gasteiger partial charge in [-0.25, -0.2) is 0 Å². The lowest BCUT2D eigenvalue weighted by Crippen LogP contribution is -2.21. The largest absolute Gasteiger partial charge is 0.385 e. The third-order valence-electron chi connectivity index (χ3n) is 3.40. The van der Waals surface area contributed by atoms with Gasteiger partial charge >= 0.3 is 0 Å². The van der Waals surface area contributed by atoms with Gasteiger partial charge in [0.05, 0.1) is 0 Å². The van der Waals surface area contributed by atoms with Crippen LogP contribution in [0.1, 0.15) is 55.8 Å². The molecule has 20 heavy (non-hydrogen) atoms. The van der Waals surface area contributed by atoms with Crippen LogP contribution < -0.4 is 5.32 Å². The molecule has 0 heterocycles. The van der Waals surface area contributed by atoms with Crippen molar-refractivity contribution in [3.05, 3.63) is 29.8 Å². The van der Waals surface area contributed by atoms with Crippen LogP contribution in [0.4, 0.5) is 5.69 Å². The van der Waals surface area contributed by atoms with Crippen molar-refractivity contribution >= 4 is 11.6 Å². The monoisotopic (exact) mass is 276 g/mol. The first-order chi connectivity index (χ1) is 9.65. The SMILES string of the molecule is CCCCCCCCNc1ccc(C(=O)N(C)C)cc1. The highest BCUT2D eigenvalue weighted by molar-refractivity contribution is 5.94. The lowest BCUT2D eigenvalue weighted by Gasteiger charge is -2.11. The van der Waals surface area contributed by atoms with Crippen LogP contribution in [0.3, 0.4) is 0 Å². The molecule has 1 rings (SSSR count). The Morgan fingerprint density at radius 1 is 1.00 bits per heavy atom. The number of rotatable bonds is 9. The number of carbonyl (C=O) groups is 1. The van der Waals surface area contributed by atoms with E-state index in [1.54, 1.807) is 19.0 Å². The first-order valence-electron chi connectivity index (χ1n) is 7.70. The van der Waals surface area contributed by atoms with Crippen molar-refractivity contribution in [1.29, 1.82) is 0 Å². The molecule has 0 unspecified atom stereocenters. The summed E-state index contributed by atoms with van der Waals surface area (Å²) in [5, 5.41) is 3.41. The predicted octanol–water partition coefficient (Wildman–Crippen LogP) is 4.16. The number of hydrogen-bond acceptors (Lipinski definition) is 2. The standard InChI is InChI=1S/C17H28N2O/c1-4-5-6-7-8-9-14-18-16-12-10-15(11-13-16)17(20)19(2)3/h10-13,18H,4-9,14H2,1-3H3. The fourth-order valence-electron chi connectivity index (χ4n) is 2.13. The van der Waals surface area contributed by atoms with Crippen LogP contribution in [0.2, 0.25) is 0 Å². The zero-order valence-electron chi connectivity index (χ0n) is 13.1. The van der Waals surface area contributed by atoms with Gasteiger partial charge in [0, 0.05) is 31.9 Å². The summed E-state index contributed by atoms with van der Waals surface area (Å²) in [5.74, 6) is 0.0486. The molecule has 0 fully saturated rings. The highest BCUT2D eigenvalue weighted by Gasteiger charge is 2.06. The topological polar surface area (TPSA) is 32.3 Å². The van der Waals surface area contributed by atoms with Gasteiger partial charge in [-0.3, -0.25) is 4.79 Å². The maximum Gasteiger partial charge on any atom is 0.253 e. The number of hydrogen-bond donors (Lipinski definition) is 1. The van der Waals surface area contributed by atoms with Gasteiger partial charge in [-0.2, -0.15) is 0 Å². The van der Waals surface area contributed by atoms with Gasteiger partial charge < -0.3 is 10.2 Å². The molecule has 0 saturated heterocycles. The third-order valence-corrected chi connectivity index (χ3v) is 3.40. The minimum Gasteiger partial charge on any atom is -0.385 e. The molecule has 1 amide bonds. The van der Waals surface area contributed by atoms with E-state index < -0.39 is 0 Å². The highest BCUT2D eigenvalue weighted by atomic mass is 16.2. The van der Waals surface area contributed by atoms with E-state index in [4.69, 9.17) is 0 Å². The van der Waals surface area contributed by atoms with Gasteiger partial charge in [0.1, 0.15) is 0 Å². The Labute approximate surface area is 123 Å². The second-order valence-corrected chi connectivity index (χ2v) is 5.47. The minimum absolute atomic E-state index is 0.0486. The summed E-state index contributed by atoms with van der Waals surface area (Å²) in [6.45, 7) is 3.25. The average molecular weight is 276 g/mol. The fraction of sp³-hybridized carbons (Fsp3) is 0.588. The van der Waals surface area contributed by atoms with Crippen LogP contribution in [0.5, 0.6) is 0 Å². The molecule has 0 aliphatic carbocycles. The minimum atomic E-state index is 0.0486. The second kappa shape index (κ2) is 9.40.